The smallest absolute Gasteiger partial charge is 0.00406 e. The summed E-state index contributed by atoms with van der Waals surface area (Å²) < 4.78 is 0. The largest absolute Gasteiger partial charge is 0.330 e. The van der Waals surface area contributed by atoms with Crippen LogP contribution in [0.15, 0.2) is 24.3 Å². The van der Waals surface area contributed by atoms with Crippen molar-refractivity contribution < 1.29 is 0 Å². The maximum absolute atomic E-state index is 5.89. The van der Waals surface area contributed by atoms with Crippen LogP contribution < -0.4 is 5.73 Å². The average Bonchev–Trinajstić information content (AvgIpc) is 2.66. The van der Waals surface area contributed by atoms with Gasteiger partial charge in [0.05, 0.1) is 0 Å². The molecule has 2 aliphatic carbocycles. The second kappa shape index (κ2) is 3.33. The quantitative estimate of drug-likeness (QED) is 0.806. The highest BCUT2D eigenvalue weighted by molar-refractivity contribution is 5.37. The van der Waals surface area contributed by atoms with Crippen LogP contribution >= 0.6 is 0 Å². The molecule has 0 amide bonds. The number of hydrogen-bond acceptors (Lipinski definition) is 1. The third kappa shape index (κ3) is 1.27. The van der Waals surface area contributed by atoms with Crippen LogP contribution in [0.1, 0.15) is 37.3 Å². The summed E-state index contributed by atoms with van der Waals surface area (Å²) in [5.74, 6) is 2.34. The minimum Gasteiger partial charge on any atom is -0.330 e. The number of aryl methyl sites for hydroxylation is 1. The van der Waals surface area contributed by atoms with E-state index in [1.54, 1.807) is 11.1 Å². The molecule has 2 aliphatic rings. The van der Waals surface area contributed by atoms with Gasteiger partial charge in [-0.3, -0.25) is 0 Å². The van der Waals surface area contributed by atoms with Crippen molar-refractivity contribution in [3.8, 4) is 0 Å². The lowest BCUT2D eigenvalue weighted by molar-refractivity contribution is 0.479. The van der Waals surface area contributed by atoms with E-state index in [2.05, 4.69) is 38.1 Å². The molecule has 3 rings (SSSR count). The SMILES string of the molecule is CC1(C)[C@H](CN)[C@H]1C1CCc2ccccc21. The van der Waals surface area contributed by atoms with Crippen molar-refractivity contribution in [2.45, 2.75) is 32.6 Å². The van der Waals surface area contributed by atoms with E-state index in [1.807, 2.05) is 0 Å². The fraction of sp³-hybridized carbons (Fsp3) is 0.600. The van der Waals surface area contributed by atoms with Gasteiger partial charge in [0.15, 0.2) is 0 Å². The molecule has 0 aliphatic heterocycles. The van der Waals surface area contributed by atoms with E-state index in [4.69, 9.17) is 5.73 Å². The summed E-state index contributed by atoms with van der Waals surface area (Å²) in [6.07, 6.45) is 2.61. The second-order valence-electron chi connectivity index (χ2n) is 6.03. The molecule has 3 atom stereocenters. The van der Waals surface area contributed by atoms with Gasteiger partial charge < -0.3 is 5.73 Å². The van der Waals surface area contributed by atoms with Crippen LogP contribution in [0, 0.1) is 17.3 Å². The van der Waals surface area contributed by atoms with Crippen LogP contribution in [-0.4, -0.2) is 6.54 Å². The second-order valence-corrected chi connectivity index (χ2v) is 6.03. The van der Waals surface area contributed by atoms with Gasteiger partial charge in [-0.25, -0.2) is 0 Å². The molecule has 1 saturated carbocycles. The first-order valence-electron chi connectivity index (χ1n) is 6.44. The van der Waals surface area contributed by atoms with Gasteiger partial charge in [-0.1, -0.05) is 38.1 Å². The van der Waals surface area contributed by atoms with E-state index < -0.39 is 0 Å². The minimum absolute atomic E-state index is 0.469. The molecule has 1 aromatic rings. The summed E-state index contributed by atoms with van der Waals surface area (Å²) in [7, 11) is 0. The molecule has 0 heterocycles. The standard InChI is InChI=1S/C15H21N/c1-15(2)13(9-16)14(15)12-8-7-10-5-3-4-6-11(10)12/h3-6,12-14H,7-9,16H2,1-2H3/t12?,13-,14-/m1/s1. The van der Waals surface area contributed by atoms with Gasteiger partial charge in [0.25, 0.3) is 0 Å². The molecule has 0 radical (unpaired) electrons. The number of fused-ring (bicyclic) bond motifs is 1. The van der Waals surface area contributed by atoms with Crippen molar-refractivity contribution in [2.24, 2.45) is 23.0 Å². The summed E-state index contributed by atoms with van der Waals surface area (Å²) in [4.78, 5) is 0. The summed E-state index contributed by atoms with van der Waals surface area (Å²) in [5.41, 5.74) is 9.54. The van der Waals surface area contributed by atoms with E-state index in [9.17, 15) is 0 Å². The van der Waals surface area contributed by atoms with Crippen LogP contribution in [-0.2, 0) is 6.42 Å². The lowest BCUT2D eigenvalue weighted by atomic mass is 9.91. The van der Waals surface area contributed by atoms with Crippen molar-refractivity contribution in [3.63, 3.8) is 0 Å². The highest BCUT2D eigenvalue weighted by Crippen LogP contribution is 2.65. The summed E-state index contributed by atoms with van der Waals surface area (Å²) >= 11 is 0. The van der Waals surface area contributed by atoms with Crippen molar-refractivity contribution in [1.29, 1.82) is 0 Å². The molecular weight excluding hydrogens is 194 g/mol. The molecule has 0 saturated heterocycles. The predicted molar refractivity (Wildman–Crippen MR) is 67.3 cm³/mol. The Kier molecular flexibility index (Phi) is 2.16. The summed E-state index contributed by atoms with van der Waals surface area (Å²) in [6, 6.07) is 8.97. The zero-order chi connectivity index (χ0) is 11.3. The Morgan fingerprint density at radius 3 is 2.75 bits per heavy atom. The van der Waals surface area contributed by atoms with Crippen LogP contribution in [0.25, 0.3) is 0 Å². The Morgan fingerprint density at radius 1 is 1.31 bits per heavy atom. The van der Waals surface area contributed by atoms with E-state index in [0.717, 1.165) is 24.3 Å². The Bertz CT molecular complexity index is 408. The first-order chi connectivity index (χ1) is 7.66. The average molecular weight is 215 g/mol. The first kappa shape index (κ1) is 10.3. The Labute approximate surface area is 98.0 Å². The topological polar surface area (TPSA) is 26.0 Å². The third-order valence-electron chi connectivity index (χ3n) is 5.01. The van der Waals surface area contributed by atoms with Crippen molar-refractivity contribution in [1.82, 2.24) is 0 Å². The van der Waals surface area contributed by atoms with Gasteiger partial charge in [-0.15, -0.1) is 0 Å². The van der Waals surface area contributed by atoms with Gasteiger partial charge in [-0.05, 0) is 53.7 Å². The highest BCUT2D eigenvalue weighted by atomic mass is 14.7. The molecule has 0 aromatic heterocycles. The summed E-state index contributed by atoms with van der Waals surface area (Å²) in [5, 5.41) is 0. The fourth-order valence-corrected chi connectivity index (χ4v) is 4.00. The fourth-order valence-electron chi connectivity index (χ4n) is 4.00. The zero-order valence-electron chi connectivity index (χ0n) is 10.2. The zero-order valence-corrected chi connectivity index (χ0v) is 10.2. The lowest BCUT2D eigenvalue weighted by Crippen LogP contribution is -2.06. The first-order valence-corrected chi connectivity index (χ1v) is 6.44. The van der Waals surface area contributed by atoms with Crippen molar-refractivity contribution in [3.05, 3.63) is 35.4 Å². The van der Waals surface area contributed by atoms with Crippen LogP contribution in [0.3, 0.4) is 0 Å². The maximum atomic E-state index is 5.89. The van der Waals surface area contributed by atoms with Gasteiger partial charge in [0.2, 0.25) is 0 Å². The molecule has 86 valence electrons. The van der Waals surface area contributed by atoms with E-state index in [1.165, 1.54) is 12.8 Å². The number of rotatable bonds is 2. The van der Waals surface area contributed by atoms with E-state index >= 15 is 0 Å². The summed E-state index contributed by atoms with van der Waals surface area (Å²) in [6.45, 7) is 5.63. The molecule has 0 bridgehead atoms. The van der Waals surface area contributed by atoms with Crippen LogP contribution in [0.2, 0.25) is 0 Å². The Balaban J connectivity index is 1.90. The number of nitrogens with two attached hydrogens (primary N) is 1. The van der Waals surface area contributed by atoms with Gasteiger partial charge in [0, 0.05) is 0 Å². The molecule has 1 fully saturated rings. The highest BCUT2D eigenvalue weighted by Gasteiger charge is 2.60. The molecule has 16 heavy (non-hydrogen) atoms. The maximum Gasteiger partial charge on any atom is -0.00406 e. The number of hydrogen-bond donors (Lipinski definition) is 1. The molecule has 1 nitrogen and oxygen atoms in total. The molecule has 1 aromatic carbocycles. The molecule has 1 unspecified atom stereocenters. The van der Waals surface area contributed by atoms with Gasteiger partial charge >= 0.3 is 0 Å². The molecule has 0 spiro atoms. The predicted octanol–water partition coefficient (Wildman–Crippen LogP) is 2.95. The third-order valence-corrected chi connectivity index (χ3v) is 5.01. The van der Waals surface area contributed by atoms with Crippen LogP contribution in [0.4, 0.5) is 0 Å². The molecular formula is C15H21N. The van der Waals surface area contributed by atoms with Gasteiger partial charge in [-0.2, -0.15) is 0 Å². The van der Waals surface area contributed by atoms with Crippen LogP contribution in [0.5, 0.6) is 0 Å². The molecule has 2 N–H and O–H groups in total. The lowest BCUT2D eigenvalue weighted by Gasteiger charge is -2.13. The van der Waals surface area contributed by atoms with Gasteiger partial charge in [0.1, 0.15) is 0 Å². The van der Waals surface area contributed by atoms with Crippen molar-refractivity contribution >= 4 is 0 Å². The Morgan fingerprint density at radius 2 is 2.06 bits per heavy atom. The normalized spacial score (nSPS) is 34.8. The molecule has 1 heteroatoms. The Hall–Kier alpha value is -0.820. The minimum atomic E-state index is 0.469. The van der Waals surface area contributed by atoms with Crippen molar-refractivity contribution in [2.75, 3.05) is 6.54 Å². The number of benzene rings is 1. The monoisotopic (exact) mass is 215 g/mol. The van der Waals surface area contributed by atoms with E-state index in [-0.39, 0.29) is 0 Å². The van der Waals surface area contributed by atoms with E-state index in [0.29, 0.717) is 5.41 Å².